The summed E-state index contributed by atoms with van der Waals surface area (Å²) in [6.45, 7) is 1.58. The van der Waals surface area contributed by atoms with Crippen molar-refractivity contribution in [1.82, 2.24) is 0 Å². The summed E-state index contributed by atoms with van der Waals surface area (Å²) >= 11 is 0. The van der Waals surface area contributed by atoms with Crippen molar-refractivity contribution >= 4 is 0 Å². The van der Waals surface area contributed by atoms with Gasteiger partial charge in [-0.1, -0.05) is 6.07 Å². The molecule has 0 saturated carbocycles. The number of nitro groups is 1. The van der Waals surface area contributed by atoms with E-state index in [1.165, 1.54) is 0 Å². The standard InChI is InChI=1S/C11H15NO4/c1-8(12(13)14)6-9-4-5-10(15-2)11(7-9)16-3/h4-5,7-8H,6H2,1-3H3. The maximum atomic E-state index is 10.5. The third-order valence-corrected chi connectivity index (χ3v) is 2.34. The van der Waals surface area contributed by atoms with E-state index in [1.54, 1.807) is 39.3 Å². The number of hydrogen-bond acceptors (Lipinski definition) is 4. The molecule has 1 rings (SSSR count). The Balaban J connectivity index is 2.86. The highest BCUT2D eigenvalue weighted by molar-refractivity contribution is 5.42. The molecule has 0 aliphatic rings. The number of rotatable bonds is 5. The van der Waals surface area contributed by atoms with Crippen LogP contribution in [0.15, 0.2) is 18.2 Å². The first-order valence-electron chi connectivity index (χ1n) is 4.93. The molecule has 1 aromatic carbocycles. The number of ether oxygens (including phenoxy) is 2. The highest BCUT2D eigenvalue weighted by atomic mass is 16.6. The second-order valence-corrected chi connectivity index (χ2v) is 3.53. The third kappa shape index (κ3) is 2.85. The van der Waals surface area contributed by atoms with Crippen LogP contribution in [0.2, 0.25) is 0 Å². The Bertz CT molecular complexity index is 378. The Labute approximate surface area is 94.1 Å². The van der Waals surface area contributed by atoms with Crippen molar-refractivity contribution < 1.29 is 14.4 Å². The summed E-state index contributed by atoms with van der Waals surface area (Å²) in [5.41, 5.74) is 0.863. The molecule has 1 atom stereocenters. The van der Waals surface area contributed by atoms with Gasteiger partial charge in [-0.3, -0.25) is 10.1 Å². The van der Waals surface area contributed by atoms with Crippen molar-refractivity contribution in [2.45, 2.75) is 19.4 Å². The number of benzene rings is 1. The van der Waals surface area contributed by atoms with Gasteiger partial charge in [0, 0.05) is 18.3 Å². The number of hydrogen-bond donors (Lipinski definition) is 0. The quantitative estimate of drug-likeness (QED) is 0.567. The zero-order valence-electron chi connectivity index (χ0n) is 9.60. The molecule has 5 heteroatoms. The Morgan fingerprint density at radius 2 is 1.94 bits per heavy atom. The molecule has 1 aromatic rings. The lowest BCUT2D eigenvalue weighted by atomic mass is 10.1. The van der Waals surface area contributed by atoms with Crippen molar-refractivity contribution in [2.24, 2.45) is 0 Å². The van der Waals surface area contributed by atoms with Crippen molar-refractivity contribution in [3.8, 4) is 11.5 Å². The second-order valence-electron chi connectivity index (χ2n) is 3.53. The van der Waals surface area contributed by atoms with Gasteiger partial charge in [0.15, 0.2) is 11.5 Å². The minimum absolute atomic E-state index is 0.295. The lowest BCUT2D eigenvalue weighted by Crippen LogP contribution is -2.17. The van der Waals surface area contributed by atoms with E-state index in [-0.39, 0.29) is 4.92 Å². The molecular weight excluding hydrogens is 210 g/mol. The molecule has 0 aromatic heterocycles. The topological polar surface area (TPSA) is 61.6 Å². The van der Waals surface area contributed by atoms with Gasteiger partial charge in [0.25, 0.3) is 0 Å². The van der Waals surface area contributed by atoms with Gasteiger partial charge in [0.2, 0.25) is 6.04 Å². The van der Waals surface area contributed by atoms with Crippen LogP contribution in [0.3, 0.4) is 0 Å². The average Bonchev–Trinajstić information content (AvgIpc) is 2.28. The summed E-state index contributed by atoms with van der Waals surface area (Å²) in [6, 6.07) is 4.72. The molecule has 16 heavy (non-hydrogen) atoms. The summed E-state index contributed by atoms with van der Waals surface area (Å²) in [5.74, 6) is 1.22. The van der Waals surface area contributed by atoms with Crippen LogP contribution in [0.1, 0.15) is 12.5 Å². The SMILES string of the molecule is COc1ccc(CC(C)[N+](=O)[O-])cc1OC. The fraction of sp³-hybridized carbons (Fsp3) is 0.455. The molecule has 0 fully saturated rings. The molecule has 0 radical (unpaired) electrons. The van der Waals surface area contributed by atoms with Crippen LogP contribution in [0.4, 0.5) is 0 Å². The van der Waals surface area contributed by atoms with Crippen molar-refractivity contribution in [2.75, 3.05) is 14.2 Å². The maximum Gasteiger partial charge on any atom is 0.214 e. The molecule has 0 N–H and O–H groups in total. The lowest BCUT2D eigenvalue weighted by Gasteiger charge is -2.10. The Kier molecular flexibility index (Phi) is 4.10. The molecule has 5 nitrogen and oxygen atoms in total. The normalized spacial score (nSPS) is 11.9. The van der Waals surface area contributed by atoms with E-state index >= 15 is 0 Å². The molecule has 0 saturated heterocycles. The molecule has 1 unspecified atom stereocenters. The van der Waals surface area contributed by atoms with Gasteiger partial charge in [-0.25, -0.2) is 0 Å². The van der Waals surface area contributed by atoms with Gasteiger partial charge in [0.05, 0.1) is 14.2 Å². The summed E-state index contributed by atoms with van der Waals surface area (Å²) in [7, 11) is 3.09. The van der Waals surface area contributed by atoms with E-state index in [2.05, 4.69) is 0 Å². The molecular formula is C11H15NO4. The van der Waals surface area contributed by atoms with Crippen molar-refractivity contribution in [1.29, 1.82) is 0 Å². The minimum atomic E-state index is -0.599. The van der Waals surface area contributed by atoms with E-state index in [0.29, 0.717) is 17.9 Å². The average molecular weight is 225 g/mol. The van der Waals surface area contributed by atoms with Gasteiger partial charge >= 0.3 is 0 Å². The summed E-state index contributed by atoms with van der Waals surface area (Å²) in [5, 5.41) is 10.5. The highest BCUT2D eigenvalue weighted by Crippen LogP contribution is 2.28. The molecule has 88 valence electrons. The summed E-state index contributed by atoms with van der Waals surface area (Å²) < 4.78 is 10.2. The Morgan fingerprint density at radius 1 is 1.31 bits per heavy atom. The van der Waals surface area contributed by atoms with E-state index in [0.717, 1.165) is 5.56 Å². The fourth-order valence-corrected chi connectivity index (χ4v) is 1.42. The largest absolute Gasteiger partial charge is 0.493 e. The maximum absolute atomic E-state index is 10.5. The van der Waals surface area contributed by atoms with Crippen LogP contribution in [-0.2, 0) is 6.42 Å². The zero-order valence-corrected chi connectivity index (χ0v) is 9.60. The predicted octanol–water partition coefficient (Wildman–Crippen LogP) is 1.91. The predicted molar refractivity (Wildman–Crippen MR) is 59.7 cm³/mol. The number of nitrogens with zero attached hydrogens (tertiary/aromatic N) is 1. The van der Waals surface area contributed by atoms with Gasteiger partial charge in [-0.05, 0) is 17.7 Å². The van der Waals surface area contributed by atoms with Gasteiger partial charge < -0.3 is 9.47 Å². The van der Waals surface area contributed by atoms with Crippen molar-refractivity contribution in [3.63, 3.8) is 0 Å². The van der Waals surface area contributed by atoms with Crippen LogP contribution < -0.4 is 9.47 Å². The first kappa shape index (κ1) is 12.3. The molecule has 0 heterocycles. The van der Waals surface area contributed by atoms with Gasteiger partial charge in [0.1, 0.15) is 0 Å². The molecule has 0 aliphatic carbocycles. The van der Waals surface area contributed by atoms with Crippen LogP contribution in [0.25, 0.3) is 0 Å². The van der Waals surface area contributed by atoms with Crippen LogP contribution in [-0.4, -0.2) is 25.2 Å². The molecule has 0 spiro atoms. The minimum Gasteiger partial charge on any atom is -0.493 e. The van der Waals surface area contributed by atoms with Crippen molar-refractivity contribution in [3.05, 3.63) is 33.9 Å². The van der Waals surface area contributed by atoms with E-state index in [4.69, 9.17) is 9.47 Å². The lowest BCUT2D eigenvalue weighted by molar-refractivity contribution is -0.517. The first-order chi connectivity index (χ1) is 7.58. The second kappa shape index (κ2) is 5.34. The van der Waals surface area contributed by atoms with Gasteiger partial charge in [-0.2, -0.15) is 0 Å². The van der Waals surface area contributed by atoms with Crippen LogP contribution >= 0.6 is 0 Å². The Hall–Kier alpha value is -1.78. The first-order valence-corrected chi connectivity index (χ1v) is 4.93. The highest BCUT2D eigenvalue weighted by Gasteiger charge is 2.14. The third-order valence-electron chi connectivity index (χ3n) is 2.34. The summed E-state index contributed by atoms with van der Waals surface area (Å²) in [6.07, 6.45) is 0.382. The number of methoxy groups -OCH3 is 2. The smallest absolute Gasteiger partial charge is 0.214 e. The van der Waals surface area contributed by atoms with E-state index in [9.17, 15) is 10.1 Å². The molecule has 0 amide bonds. The monoisotopic (exact) mass is 225 g/mol. The van der Waals surface area contributed by atoms with E-state index in [1.807, 2.05) is 0 Å². The van der Waals surface area contributed by atoms with E-state index < -0.39 is 6.04 Å². The molecule has 0 bridgehead atoms. The molecule has 0 aliphatic heterocycles. The van der Waals surface area contributed by atoms with Gasteiger partial charge in [-0.15, -0.1) is 0 Å². The van der Waals surface area contributed by atoms with Crippen LogP contribution in [0.5, 0.6) is 11.5 Å². The Morgan fingerprint density at radius 3 is 2.44 bits per heavy atom. The summed E-state index contributed by atoms with van der Waals surface area (Å²) in [4.78, 5) is 10.2. The van der Waals surface area contributed by atoms with Crippen LogP contribution in [0, 0.1) is 10.1 Å². The zero-order chi connectivity index (χ0) is 12.1. The fourth-order valence-electron chi connectivity index (χ4n) is 1.42.